The van der Waals surface area contributed by atoms with Crippen molar-refractivity contribution in [2.24, 2.45) is 0 Å². The van der Waals surface area contributed by atoms with E-state index in [1.165, 1.54) is 22.1 Å². The zero-order chi connectivity index (χ0) is 13.7. The summed E-state index contributed by atoms with van der Waals surface area (Å²) in [6.07, 6.45) is 1.24. The second kappa shape index (κ2) is 7.32. The Morgan fingerprint density at radius 3 is 2.84 bits per heavy atom. The lowest BCUT2D eigenvalue weighted by atomic mass is 10.1. The van der Waals surface area contributed by atoms with Crippen LogP contribution in [0.3, 0.4) is 0 Å². The maximum absolute atomic E-state index is 3.65. The molecule has 2 rings (SSSR count). The first-order valence-electron chi connectivity index (χ1n) is 7.07. The lowest BCUT2D eigenvalue weighted by Crippen LogP contribution is -2.23. The Hall–Kier alpha value is -0.510. The summed E-state index contributed by atoms with van der Waals surface area (Å²) < 4.78 is 1.44. The average molecular weight is 294 g/mol. The van der Waals surface area contributed by atoms with Crippen LogP contribution < -0.4 is 5.32 Å². The van der Waals surface area contributed by atoms with E-state index in [4.69, 9.17) is 0 Å². The molecule has 2 atom stereocenters. The number of fused-ring (bicyclic) bond motifs is 1. The van der Waals surface area contributed by atoms with E-state index in [-0.39, 0.29) is 0 Å². The third kappa shape index (κ3) is 3.74. The average Bonchev–Trinajstić information content (AvgIpc) is 2.91. The van der Waals surface area contributed by atoms with E-state index in [0.29, 0.717) is 6.04 Å². The van der Waals surface area contributed by atoms with Crippen molar-refractivity contribution in [2.75, 3.05) is 12.3 Å². The molecule has 0 aliphatic carbocycles. The molecule has 2 aromatic rings. The van der Waals surface area contributed by atoms with E-state index in [9.17, 15) is 0 Å². The molecule has 0 saturated heterocycles. The minimum Gasteiger partial charge on any atom is -0.309 e. The monoisotopic (exact) mass is 293 g/mol. The van der Waals surface area contributed by atoms with Gasteiger partial charge in [-0.05, 0) is 35.4 Å². The van der Waals surface area contributed by atoms with Crippen LogP contribution in [0.15, 0.2) is 29.6 Å². The van der Waals surface area contributed by atoms with Crippen LogP contribution >= 0.6 is 23.1 Å². The molecule has 2 unspecified atom stereocenters. The van der Waals surface area contributed by atoms with Gasteiger partial charge in [0.1, 0.15) is 0 Å². The summed E-state index contributed by atoms with van der Waals surface area (Å²) >= 11 is 3.93. The number of thiophene rings is 1. The molecule has 1 N–H and O–H groups in total. The topological polar surface area (TPSA) is 12.0 Å². The smallest absolute Gasteiger partial charge is 0.0426 e. The van der Waals surface area contributed by atoms with Crippen molar-refractivity contribution < 1.29 is 0 Å². The Morgan fingerprint density at radius 1 is 1.26 bits per heavy atom. The molecule has 1 aromatic carbocycles. The highest BCUT2D eigenvalue weighted by Crippen LogP contribution is 2.31. The first-order valence-corrected chi connectivity index (χ1v) is 9.00. The van der Waals surface area contributed by atoms with Crippen molar-refractivity contribution >= 4 is 33.2 Å². The molecular formula is C16H23NS2. The summed E-state index contributed by atoms with van der Waals surface area (Å²) in [5, 5.41) is 7.95. The third-order valence-corrected chi connectivity index (χ3v) is 5.87. The van der Waals surface area contributed by atoms with Gasteiger partial charge in [-0.25, -0.2) is 0 Å². The summed E-state index contributed by atoms with van der Waals surface area (Å²) in [6, 6.07) is 9.35. The summed E-state index contributed by atoms with van der Waals surface area (Å²) in [7, 11) is 0. The van der Waals surface area contributed by atoms with Gasteiger partial charge in [-0.15, -0.1) is 11.3 Å². The zero-order valence-electron chi connectivity index (χ0n) is 12.0. The van der Waals surface area contributed by atoms with Gasteiger partial charge in [0.15, 0.2) is 0 Å². The van der Waals surface area contributed by atoms with Gasteiger partial charge in [-0.1, -0.05) is 39.0 Å². The molecular weight excluding hydrogens is 270 g/mol. The maximum Gasteiger partial charge on any atom is 0.0426 e. The van der Waals surface area contributed by atoms with Crippen LogP contribution in [0, 0.1) is 0 Å². The highest BCUT2D eigenvalue weighted by molar-refractivity contribution is 7.99. The minimum atomic E-state index is 0.464. The molecule has 0 bridgehead atoms. The third-order valence-electron chi connectivity index (χ3n) is 3.46. The van der Waals surface area contributed by atoms with E-state index in [1.54, 1.807) is 0 Å². The Balaban J connectivity index is 2.20. The molecule has 0 aliphatic rings. The van der Waals surface area contributed by atoms with Crippen LogP contribution in [-0.4, -0.2) is 17.5 Å². The fraction of sp³-hybridized carbons (Fsp3) is 0.500. The van der Waals surface area contributed by atoms with Crippen LogP contribution in [0.2, 0.25) is 0 Å². The van der Waals surface area contributed by atoms with Crippen molar-refractivity contribution in [3.8, 4) is 0 Å². The van der Waals surface area contributed by atoms with Crippen LogP contribution in [0.4, 0.5) is 0 Å². The predicted molar refractivity (Wildman–Crippen MR) is 90.5 cm³/mol. The highest BCUT2D eigenvalue weighted by atomic mass is 32.2. The van der Waals surface area contributed by atoms with Crippen molar-refractivity contribution in [1.82, 2.24) is 5.32 Å². The standard InChI is InChI=1S/C16H23NS2/c1-4-12(3)19-11-15(17-5-2)14-8-6-7-13-9-10-18-16(13)14/h6-10,12,15,17H,4-5,11H2,1-3H3. The van der Waals surface area contributed by atoms with Gasteiger partial charge in [-0.3, -0.25) is 0 Å². The quantitative estimate of drug-likeness (QED) is 0.763. The second-order valence-electron chi connectivity index (χ2n) is 4.85. The molecule has 0 fully saturated rings. The van der Waals surface area contributed by atoms with Crippen molar-refractivity contribution in [1.29, 1.82) is 0 Å². The molecule has 0 saturated carbocycles. The van der Waals surface area contributed by atoms with E-state index >= 15 is 0 Å². The lowest BCUT2D eigenvalue weighted by molar-refractivity contribution is 0.609. The molecule has 1 aromatic heterocycles. The number of thioether (sulfide) groups is 1. The van der Waals surface area contributed by atoms with Crippen LogP contribution in [0.5, 0.6) is 0 Å². The van der Waals surface area contributed by atoms with Crippen LogP contribution in [0.25, 0.3) is 10.1 Å². The van der Waals surface area contributed by atoms with Gasteiger partial charge in [0.05, 0.1) is 0 Å². The minimum absolute atomic E-state index is 0.464. The maximum atomic E-state index is 3.65. The molecule has 0 aliphatic heterocycles. The Kier molecular flexibility index (Phi) is 5.74. The molecule has 0 spiro atoms. The fourth-order valence-electron chi connectivity index (χ4n) is 2.17. The van der Waals surface area contributed by atoms with E-state index in [1.807, 2.05) is 11.3 Å². The van der Waals surface area contributed by atoms with Crippen molar-refractivity contribution in [2.45, 2.75) is 38.5 Å². The Bertz CT molecular complexity index is 506. The molecule has 0 amide bonds. The normalized spacial score (nSPS) is 14.7. The van der Waals surface area contributed by atoms with Gasteiger partial charge in [0, 0.05) is 21.7 Å². The highest BCUT2D eigenvalue weighted by Gasteiger charge is 2.15. The van der Waals surface area contributed by atoms with Gasteiger partial charge in [-0.2, -0.15) is 11.8 Å². The summed E-state index contributed by atoms with van der Waals surface area (Å²) in [5.74, 6) is 1.15. The summed E-state index contributed by atoms with van der Waals surface area (Å²) in [5.41, 5.74) is 1.46. The molecule has 19 heavy (non-hydrogen) atoms. The SMILES string of the molecule is CCNC(CSC(C)CC)c1cccc2ccsc12. The predicted octanol–water partition coefficient (Wildman–Crippen LogP) is 5.08. The molecule has 104 valence electrons. The number of benzene rings is 1. The first-order chi connectivity index (χ1) is 9.26. The number of hydrogen-bond donors (Lipinski definition) is 1. The number of nitrogens with one attached hydrogen (secondary N) is 1. The number of rotatable bonds is 7. The van der Waals surface area contributed by atoms with Crippen LogP contribution in [-0.2, 0) is 0 Å². The van der Waals surface area contributed by atoms with E-state index in [2.05, 4.69) is 67.5 Å². The van der Waals surface area contributed by atoms with Gasteiger partial charge < -0.3 is 5.32 Å². The second-order valence-corrected chi connectivity index (χ2v) is 7.24. The van der Waals surface area contributed by atoms with Gasteiger partial charge in [0.2, 0.25) is 0 Å². The fourth-order valence-corrected chi connectivity index (χ4v) is 4.20. The van der Waals surface area contributed by atoms with Crippen molar-refractivity contribution in [3.63, 3.8) is 0 Å². The van der Waals surface area contributed by atoms with E-state index in [0.717, 1.165) is 17.5 Å². The summed E-state index contributed by atoms with van der Waals surface area (Å²) in [4.78, 5) is 0. The largest absolute Gasteiger partial charge is 0.309 e. The molecule has 0 radical (unpaired) electrons. The zero-order valence-corrected chi connectivity index (χ0v) is 13.6. The molecule has 3 heteroatoms. The molecule has 1 heterocycles. The Morgan fingerprint density at radius 2 is 2.11 bits per heavy atom. The first kappa shape index (κ1) is 14.9. The van der Waals surface area contributed by atoms with Crippen molar-refractivity contribution in [3.05, 3.63) is 35.2 Å². The summed E-state index contributed by atoms with van der Waals surface area (Å²) in [6.45, 7) is 7.79. The Labute approximate surface area is 124 Å². The lowest BCUT2D eigenvalue weighted by Gasteiger charge is -2.20. The van der Waals surface area contributed by atoms with Gasteiger partial charge >= 0.3 is 0 Å². The van der Waals surface area contributed by atoms with Crippen LogP contribution in [0.1, 0.15) is 38.8 Å². The molecule has 1 nitrogen and oxygen atoms in total. The number of hydrogen-bond acceptors (Lipinski definition) is 3. The van der Waals surface area contributed by atoms with E-state index < -0.39 is 0 Å². The van der Waals surface area contributed by atoms with Gasteiger partial charge in [0.25, 0.3) is 0 Å².